The third kappa shape index (κ3) is 12.1. The molecule has 0 aliphatic heterocycles. The molecule has 0 aromatic heterocycles. The van der Waals surface area contributed by atoms with Gasteiger partial charge in [-0.25, -0.2) is 0 Å². The van der Waals surface area contributed by atoms with E-state index >= 15 is 0 Å². The molecule has 0 saturated carbocycles. The molecule has 0 heteroatoms. The van der Waals surface area contributed by atoms with Crippen LogP contribution in [0.3, 0.4) is 0 Å². The summed E-state index contributed by atoms with van der Waals surface area (Å²) in [7, 11) is 0. The van der Waals surface area contributed by atoms with Gasteiger partial charge in [0, 0.05) is 0 Å². The fourth-order valence-corrected chi connectivity index (χ4v) is 7.70. The Balaban J connectivity index is 0.000000138. The van der Waals surface area contributed by atoms with E-state index in [1.54, 1.807) is 0 Å². The maximum Gasteiger partial charge on any atom is -0.0145 e. The van der Waals surface area contributed by atoms with Gasteiger partial charge < -0.3 is 0 Å². The summed E-state index contributed by atoms with van der Waals surface area (Å²) in [6.45, 7) is 12.9. The monoisotopic (exact) mass is 826 g/mol. The molecule has 0 spiro atoms. The van der Waals surface area contributed by atoms with Crippen LogP contribution in [-0.4, -0.2) is 0 Å². The van der Waals surface area contributed by atoms with Crippen molar-refractivity contribution >= 4 is 10.8 Å². The molecule has 0 amide bonds. The van der Waals surface area contributed by atoms with Gasteiger partial charge >= 0.3 is 0 Å². The van der Waals surface area contributed by atoms with Gasteiger partial charge in [-0.1, -0.05) is 259 Å². The molecule has 10 aromatic rings. The summed E-state index contributed by atoms with van der Waals surface area (Å²) in [5.74, 6) is 0. The van der Waals surface area contributed by atoms with E-state index in [0.717, 1.165) is 0 Å². The van der Waals surface area contributed by atoms with Gasteiger partial charge in [-0.3, -0.25) is 0 Å². The highest BCUT2D eigenvalue weighted by molar-refractivity contribution is 5.92. The van der Waals surface area contributed by atoms with Crippen molar-refractivity contribution in [3.05, 3.63) is 276 Å². The molecule has 0 radical (unpaired) electrons. The minimum Gasteiger partial charge on any atom is -0.0622 e. The number of hydrogen-bond acceptors (Lipinski definition) is 0. The first-order chi connectivity index (χ1) is 31.2. The molecular formula is C64H58. The van der Waals surface area contributed by atoms with E-state index in [1.807, 2.05) is 30.3 Å². The van der Waals surface area contributed by atoms with E-state index in [2.05, 4.69) is 254 Å². The largest absolute Gasteiger partial charge is 0.0622 e. The average Bonchev–Trinajstić information content (AvgIpc) is 3.34. The second kappa shape index (κ2) is 22.0. The molecule has 0 unspecified atom stereocenters. The van der Waals surface area contributed by atoms with Crippen molar-refractivity contribution in [2.24, 2.45) is 0 Å². The first-order valence-corrected chi connectivity index (χ1v) is 22.2. The lowest BCUT2D eigenvalue weighted by molar-refractivity contribution is 1.42. The lowest BCUT2D eigenvalue weighted by Crippen LogP contribution is -1.90. The van der Waals surface area contributed by atoms with Crippen LogP contribution in [0.2, 0.25) is 0 Å². The highest BCUT2D eigenvalue weighted by Gasteiger charge is 2.10. The van der Waals surface area contributed by atoms with Crippen LogP contribution in [-0.2, 0) is 0 Å². The highest BCUT2D eigenvalue weighted by atomic mass is 14.1. The van der Waals surface area contributed by atoms with Crippen LogP contribution in [0.15, 0.2) is 243 Å². The van der Waals surface area contributed by atoms with E-state index in [1.165, 1.54) is 99.8 Å². The average molecular weight is 827 g/mol. The summed E-state index contributed by atoms with van der Waals surface area (Å²) in [6.07, 6.45) is 0. The van der Waals surface area contributed by atoms with Crippen LogP contribution in [0.4, 0.5) is 0 Å². The molecule has 0 saturated heterocycles. The Hall–Kier alpha value is -7.54. The highest BCUT2D eigenvalue weighted by Crippen LogP contribution is 2.34. The Bertz CT molecular complexity index is 2960. The predicted molar refractivity (Wildman–Crippen MR) is 279 cm³/mol. The number of aryl methyl sites for hydroxylation is 6. The number of hydrogen-bond donors (Lipinski definition) is 0. The van der Waals surface area contributed by atoms with E-state index in [4.69, 9.17) is 0 Å². The molecule has 0 heterocycles. The van der Waals surface area contributed by atoms with Crippen molar-refractivity contribution < 1.29 is 0 Å². The third-order valence-electron chi connectivity index (χ3n) is 11.6. The molecule has 0 bridgehead atoms. The van der Waals surface area contributed by atoms with Gasteiger partial charge in [0.2, 0.25) is 0 Å². The lowest BCUT2D eigenvalue weighted by Gasteiger charge is -2.14. The number of benzene rings is 10. The molecule has 0 atom stereocenters. The summed E-state index contributed by atoms with van der Waals surface area (Å²) < 4.78 is 0. The van der Waals surface area contributed by atoms with Crippen LogP contribution >= 0.6 is 0 Å². The molecule has 10 aromatic carbocycles. The zero-order chi connectivity index (χ0) is 44.7. The first kappa shape index (κ1) is 44.5. The summed E-state index contributed by atoms with van der Waals surface area (Å²) in [5, 5.41) is 2.64. The maximum absolute atomic E-state index is 2.33. The second-order valence-electron chi connectivity index (χ2n) is 16.6. The second-order valence-corrected chi connectivity index (χ2v) is 16.6. The van der Waals surface area contributed by atoms with Crippen molar-refractivity contribution in [1.82, 2.24) is 0 Å². The summed E-state index contributed by atoms with van der Waals surface area (Å²) in [6, 6.07) is 85.8. The van der Waals surface area contributed by atoms with Gasteiger partial charge in [0.25, 0.3) is 0 Å². The quantitative estimate of drug-likeness (QED) is 0.162. The smallest absolute Gasteiger partial charge is 0.0145 e. The SMILES string of the molecule is Cc1ccc(-c2ccc(-c3ccccc3)cc2)cc1.Cc1ccc(-c2ccc(C)c(-c3ccc4ccccc4c3C)c2)cc1.Cc1ccc(-c2ccccc2)cc1.Cc1ccccc1. The van der Waals surface area contributed by atoms with Crippen molar-refractivity contribution in [3.8, 4) is 55.6 Å². The van der Waals surface area contributed by atoms with Crippen molar-refractivity contribution in [2.45, 2.75) is 41.5 Å². The Morgan fingerprint density at radius 2 is 0.547 bits per heavy atom. The lowest BCUT2D eigenvalue weighted by atomic mass is 9.90. The number of fused-ring (bicyclic) bond motifs is 1. The fraction of sp³-hybridized carbons (Fsp3) is 0.0938. The van der Waals surface area contributed by atoms with Gasteiger partial charge in [0.15, 0.2) is 0 Å². The van der Waals surface area contributed by atoms with Crippen LogP contribution in [0.1, 0.15) is 33.4 Å². The summed E-state index contributed by atoms with van der Waals surface area (Å²) in [5.41, 5.74) is 20.7. The normalized spacial score (nSPS) is 10.3. The van der Waals surface area contributed by atoms with Gasteiger partial charge in [0.1, 0.15) is 0 Å². The molecule has 314 valence electrons. The third-order valence-corrected chi connectivity index (χ3v) is 11.6. The summed E-state index contributed by atoms with van der Waals surface area (Å²) in [4.78, 5) is 0. The fourth-order valence-electron chi connectivity index (χ4n) is 7.70. The Morgan fingerprint density at radius 3 is 0.969 bits per heavy atom. The van der Waals surface area contributed by atoms with Gasteiger partial charge in [-0.05, 0) is 125 Å². The summed E-state index contributed by atoms with van der Waals surface area (Å²) >= 11 is 0. The predicted octanol–water partition coefficient (Wildman–Crippen LogP) is 18.1. The topological polar surface area (TPSA) is 0 Å². The molecule has 0 aliphatic rings. The molecule has 0 nitrogen and oxygen atoms in total. The molecule has 10 rings (SSSR count). The zero-order valence-corrected chi connectivity index (χ0v) is 38.1. The molecular weight excluding hydrogens is 769 g/mol. The van der Waals surface area contributed by atoms with E-state index in [9.17, 15) is 0 Å². The molecule has 0 aliphatic carbocycles. The van der Waals surface area contributed by atoms with Crippen LogP contribution < -0.4 is 0 Å². The Kier molecular flexibility index (Phi) is 15.3. The first-order valence-electron chi connectivity index (χ1n) is 22.2. The Labute approximate surface area is 382 Å². The Morgan fingerprint density at radius 1 is 0.219 bits per heavy atom. The maximum atomic E-state index is 2.33. The van der Waals surface area contributed by atoms with E-state index < -0.39 is 0 Å². The van der Waals surface area contributed by atoms with Crippen molar-refractivity contribution in [3.63, 3.8) is 0 Å². The van der Waals surface area contributed by atoms with Crippen LogP contribution in [0.25, 0.3) is 66.4 Å². The number of rotatable bonds is 5. The van der Waals surface area contributed by atoms with Gasteiger partial charge in [0.05, 0.1) is 0 Å². The van der Waals surface area contributed by atoms with Crippen LogP contribution in [0, 0.1) is 41.5 Å². The zero-order valence-electron chi connectivity index (χ0n) is 38.1. The van der Waals surface area contributed by atoms with Gasteiger partial charge in [-0.2, -0.15) is 0 Å². The molecule has 0 fully saturated rings. The standard InChI is InChI=1S/C25H22.C19H16.C13H12.C7H8/c1-17-8-11-20(12-9-17)22-13-10-18(2)25(16-22)24-15-14-21-6-4-5-7-23(21)19(24)3;1-15-7-9-17(10-8-15)19-13-11-18(12-14-19)16-5-3-2-4-6-16;1-11-7-9-13(10-8-11)12-5-3-2-4-6-12;1-7-5-3-2-4-6-7/h4-16H,1-3H3;2-14H,1H3;2-10H,1H3;2-6H,1H3. The van der Waals surface area contributed by atoms with Crippen molar-refractivity contribution in [1.29, 1.82) is 0 Å². The van der Waals surface area contributed by atoms with Crippen LogP contribution in [0.5, 0.6) is 0 Å². The molecule has 0 N–H and O–H groups in total. The van der Waals surface area contributed by atoms with E-state index in [-0.39, 0.29) is 0 Å². The molecule has 64 heavy (non-hydrogen) atoms. The van der Waals surface area contributed by atoms with E-state index in [0.29, 0.717) is 0 Å². The minimum atomic E-state index is 1.26. The van der Waals surface area contributed by atoms with Gasteiger partial charge in [-0.15, -0.1) is 0 Å². The minimum absolute atomic E-state index is 1.26. The van der Waals surface area contributed by atoms with Crippen molar-refractivity contribution in [2.75, 3.05) is 0 Å².